The SMILES string of the molecule is CN(C)c1nc(N[C@H]2CC[C@@H](NC(=O)c3ccc(Br)o3)CC2)nc2c1CCCC2. The molecule has 1 saturated carbocycles. The molecule has 0 spiro atoms. The number of carbonyl (C=O) groups excluding carboxylic acids is 1. The van der Waals surface area contributed by atoms with Crippen molar-refractivity contribution in [2.75, 3.05) is 24.3 Å². The monoisotopic (exact) mass is 461 g/mol. The van der Waals surface area contributed by atoms with Gasteiger partial charge in [-0.1, -0.05) is 0 Å². The lowest BCUT2D eigenvalue weighted by Crippen LogP contribution is -2.40. The van der Waals surface area contributed by atoms with E-state index in [9.17, 15) is 4.79 Å². The van der Waals surface area contributed by atoms with Crippen molar-refractivity contribution in [1.29, 1.82) is 0 Å². The first-order chi connectivity index (χ1) is 14.0. The first kappa shape index (κ1) is 20.2. The maximum atomic E-state index is 12.3. The number of anilines is 2. The normalized spacial score (nSPS) is 21.3. The fourth-order valence-corrected chi connectivity index (χ4v) is 4.57. The van der Waals surface area contributed by atoms with E-state index in [-0.39, 0.29) is 11.9 Å². The maximum absolute atomic E-state index is 12.3. The van der Waals surface area contributed by atoms with Crippen molar-refractivity contribution in [1.82, 2.24) is 15.3 Å². The van der Waals surface area contributed by atoms with E-state index in [0.29, 0.717) is 16.5 Å². The van der Waals surface area contributed by atoms with Crippen LogP contribution in [-0.4, -0.2) is 42.1 Å². The number of rotatable bonds is 5. The lowest BCUT2D eigenvalue weighted by Gasteiger charge is -2.30. The summed E-state index contributed by atoms with van der Waals surface area (Å²) in [6, 6.07) is 3.92. The van der Waals surface area contributed by atoms with Gasteiger partial charge in [-0.25, -0.2) is 4.98 Å². The zero-order chi connectivity index (χ0) is 20.4. The fourth-order valence-electron chi connectivity index (χ4n) is 4.27. The molecule has 2 aliphatic carbocycles. The van der Waals surface area contributed by atoms with Crippen LogP contribution in [0.25, 0.3) is 0 Å². The maximum Gasteiger partial charge on any atom is 0.287 e. The molecule has 1 amide bonds. The van der Waals surface area contributed by atoms with E-state index in [1.807, 2.05) is 14.1 Å². The second kappa shape index (κ2) is 8.73. The van der Waals surface area contributed by atoms with Crippen LogP contribution in [-0.2, 0) is 12.8 Å². The molecule has 4 rings (SSSR count). The quantitative estimate of drug-likeness (QED) is 0.701. The second-order valence-electron chi connectivity index (χ2n) is 8.17. The summed E-state index contributed by atoms with van der Waals surface area (Å²) in [5.74, 6) is 1.97. The first-order valence-corrected chi connectivity index (χ1v) is 11.2. The standard InChI is InChI=1S/C21H28BrN5O2/c1-27(2)19-15-5-3-4-6-16(15)25-21(26-19)24-14-9-7-13(8-10-14)23-20(28)17-11-12-18(22)29-17/h11-14H,3-10H2,1-2H3,(H,23,28)(H,24,25,26)/t13-,14+. The summed E-state index contributed by atoms with van der Waals surface area (Å²) >= 11 is 3.23. The minimum Gasteiger partial charge on any atom is -0.444 e. The number of carbonyl (C=O) groups is 1. The number of fused-ring (bicyclic) bond motifs is 1. The van der Waals surface area contributed by atoms with Gasteiger partial charge in [0.25, 0.3) is 5.91 Å². The molecular formula is C21H28BrN5O2. The number of nitrogens with zero attached hydrogens (tertiary/aromatic N) is 3. The third-order valence-corrected chi connectivity index (χ3v) is 6.20. The first-order valence-electron chi connectivity index (χ1n) is 10.4. The molecule has 2 aliphatic rings. The summed E-state index contributed by atoms with van der Waals surface area (Å²) in [4.78, 5) is 24.0. The van der Waals surface area contributed by atoms with Crippen LogP contribution in [0.1, 0.15) is 60.3 Å². The van der Waals surface area contributed by atoms with Gasteiger partial charge >= 0.3 is 0 Å². The predicted octanol–water partition coefficient (Wildman–Crippen LogP) is 3.93. The van der Waals surface area contributed by atoms with Crippen LogP contribution in [0.4, 0.5) is 11.8 Å². The van der Waals surface area contributed by atoms with Crippen LogP contribution in [0.15, 0.2) is 21.2 Å². The van der Waals surface area contributed by atoms with Crippen LogP contribution in [0, 0.1) is 0 Å². The molecular weight excluding hydrogens is 434 g/mol. The Morgan fingerprint density at radius 2 is 1.83 bits per heavy atom. The van der Waals surface area contributed by atoms with Crippen LogP contribution < -0.4 is 15.5 Å². The summed E-state index contributed by atoms with van der Waals surface area (Å²) in [6.45, 7) is 0. The van der Waals surface area contributed by atoms with Gasteiger partial charge in [-0.05, 0) is 79.4 Å². The Hall–Kier alpha value is -2.09. The van der Waals surface area contributed by atoms with Crippen molar-refractivity contribution < 1.29 is 9.21 Å². The average Bonchev–Trinajstić information content (AvgIpc) is 3.15. The van der Waals surface area contributed by atoms with Crippen LogP contribution >= 0.6 is 15.9 Å². The molecule has 1 fully saturated rings. The van der Waals surface area contributed by atoms with E-state index in [0.717, 1.165) is 50.3 Å². The van der Waals surface area contributed by atoms with Crippen molar-refractivity contribution in [3.63, 3.8) is 0 Å². The molecule has 7 nitrogen and oxygen atoms in total. The van der Waals surface area contributed by atoms with Gasteiger partial charge in [0.1, 0.15) is 5.82 Å². The second-order valence-corrected chi connectivity index (χ2v) is 8.95. The van der Waals surface area contributed by atoms with Gasteiger partial charge in [-0.15, -0.1) is 0 Å². The zero-order valence-corrected chi connectivity index (χ0v) is 18.6. The third kappa shape index (κ3) is 4.74. The Balaban J connectivity index is 1.35. The number of nitrogens with one attached hydrogen (secondary N) is 2. The molecule has 8 heteroatoms. The highest BCUT2D eigenvalue weighted by molar-refractivity contribution is 9.10. The molecule has 29 heavy (non-hydrogen) atoms. The van der Waals surface area contributed by atoms with Crippen molar-refractivity contribution in [2.24, 2.45) is 0 Å². The van der Waals surface area contributed by atoms with Crippen molar-refractivity contribution in [3.8, 4) is 0 Å². The number of halogens is 1. The Bertz CT molecular complexity index is 874. The van der Waals surface area contributed by atoms with Gasteiger partial charge in [-0.2, -0.15) is 4.98 Å². The molecule has 2 heterocycles. The summed E-state index contributed by atoms with van der Waals surface area (Å²) in [5, 5.41) is 6.63. The van der Waals surface area contributed by atoms with Crippen molar-refractivity contribution in [3.05, 3.63) is 33.8 Å². The molecule has 0 radical (unpaired) electrons. The smallest absolute Gasteiger partial charge is 0.287 e. The van der Waals surface area contributed by atoms with E-state index in [2.05, 4.69) is 31.5 Å². The highest BCUT2D eigenvalue weighted by Gasteiger charge is 2.25. The van der Waals surface area contributed by atoms with E-state index in [1.165, 1.54) is 24.1 Å². The van der Waals surface area contributed by atoms with Gasteiger partial charge in [0.15, 0.2) is 10.4 Å². The Kier molecular flexibility index (Phi) is 6.08. The lowest BCUT2D eigenvalue weighted by molar-refractivity contribution is 0.0897. The number of aromatic nitrogens is 2. The minimum atomic E-state index is -0.152. The van der Waals surface area contributed by atoms with Crippen molar-refractivity contribution in [2.45, 2.75) is 63.5 Å². The molecule has 2 aromatic heterocycles. The fraction of sp³-hybridized carbons (Fsp3) is 0.571. The Labute approximate surface area is 179 Å². The van der Waals surface area contributed by atoms with Crippen molar-refractivity contribution >= 4 is 33.6 Å². The number of amides is 1. The predicted molar refractivity (Wildman–Crippen MR) is 117 cm³/mol. The van der Waals surface area contributed by atoms with E-state index in [4.69, 9.17) is 14.4 Å². The number of aryl methyl sites for hydroxylation is 1. The van der Waals surface area contributed by atoms with Gasteiger partial charge in [0.05, 0.1) is 5.69 Å². The highest BCUT2D eigenvalue weighted by Crippen LogP contribution is 2.29. The molecule has 0 unspecified atom stereocenters. The van der Waals surface area contributed by atoms with Crippen LogP contribution in [0.5, 0.6) is 0 Å². The lowest BCUT2D eigenvalue weighted by atomic mass is 9.91. The van der Waals surface area contributed by atoms with Crippen LogP contribution in [0.3, 0.4) is 0 Å². The molecule has 0 bridgehead atoms. The molecule has 0 saturated heterocycles. The Morgan fingerprint density at radius 1 is 1.10 bits per heavy atom. The van der Waals surface area contributed by atoms with E-state index < -0.39 is 0 Å². The Morgan fingerprint density at radius 3 is 2.52 bits per heavy atom. The topological polar surface area (TPSA) is 83.3 Å². The molecule has 2 N–H and O–H groups in total. The summed E-state index contributed by atoms with van der Waals surface area (Å²) < 4.78 is 5.90. The molecule has 0 atom stereocenters. The van der Waals surface area contributed by atoms with E-state index in [1.54, 1.807) is 12.1 Å². The summed E-state index contributed by atoms with van der Waals surface area (Å²) in [5.41, 5.74) is 2.51. The van der Waals surface area contributed by atoms with Gasteiger partial charge in [-0.3, -0.25) is 4.79 Å². The molecule has 0 aliphatic heterocycles. The summed E-state index contributed by atoms with van der Waals surface area (Å²) in [6.07, 6.45) is 8.33. The number of furan rings is 1. The van der Waals surface area contributed by atoms with E-state index >= 15 is 0 Å². The average molecular weight is 462 g/mol. The third-order valence-electron chi connectivity index (χ3n) is 5.78. The highest BCUT2D eigenvalue weighted by atomic mass is 79.9. The molecule has 0 aromatic carbocycles. The molecule has 156 valence electrons. The largest absolute Gasteiger partial charge is 0.444 e. The van der Waals surface area contributed by atoms with Gasteiger partial charge in [0.2, 0.25) is 5.95 Å². The number of hydrogen-bond donors (Lipinski definition) is 2. The van der Waals surface area contributed by atoms with Gasteiger partial charge in [0, 0.05) is 31.7 Å². The van der Waals surface area contributed by atoms with Gasteiger partial charge < -0.3 is 20.0 Å². The minimum absolute atomic E-state index is 0.152. The van der Waals surface area contributed by atoms with Crippen LogP contribution in [0.2, 0.25) is 0 Å². The molecule has 2 aromatic rings. The summed E-state index contributed by atoms with van der Waals surface area (Å²) in [7, 11) is 4.10. The number of hydrogen-bond acceptors (Lipinski definition) is 6. The zero-order valence-electron chi connectivity index (χ0n) is 17.0.